The molecule has 0 saturated carbocycles. The molecule has 0 N–H and O–H groups in total. The van der Waals surface area contributed by atoms with Crippen molar-refractivity contribution in [2.75, 3.05) is 33.3 Å². The van der Waals surface area contributed by atoms with E-state index in [4.69, 9.17) is 9.15 Å². The highest BCUT2D eigenvalue weighted by Crippen LogP contribution is 2.26. The third-order valence-electron chi connectivity index (χ3n) is 5.05. The van der Waals surface area contributed by atoms with Crippen LogP contribution in [-0.2, 0) is 21.3 Å². The van der Waals surface area contributed by atoms with Crippen molar-refractivity contribution in [3.05, 3.63) is 52.5 Å². The molecule has 1 aliphatic rings. The van der Waals surface area contributed by atoms with Crippen LogP contribution >= 0.6 is 0 Å². The average molecular weight is 407 g/mol. The molecule has 1 fully saturated rings. The molecule has 152 valence electrons. The summed E-state index contributed by atoms with van der Waals surface area (Å²) >= 11 is 0. The number of furan rings is 1. The standard InChI is InChI=1S/C20H26N2O5S/c1-14-11-15(2)19(16(3)12-14)28(24,25)22-8-6-21(7-9-22)13-18-17(5-10-27-18)20(23)26-4/h5,10-12H,6-9,13H2,1-4H3. The molecule has 1 aliphatic heterocycles. The van der Waals surface area contributed by atoms with Gasteiger partial charge < -0.3 is 9.15 Å². The van der Waals surface area contributed by atoms with Crippen LogP contribution in [0, 0.1) is 20.8 Å². The molecule has 2 heterocycles. The normalized spacial score (nSPS) is 16.3. The Morgan fingerprint density at radius 2 is 1.71 bits per heavy atom. The Morgan fingerprint density at radius 3 is 2.29 bits per heavy atom. The molecule has 0 bridgehead atoms. The molecule has 0 radical (unpaired) electrons. The number of ether oxygens (including phenoxy) is 1. The van der Waals surface area contributed by atoms with Gasteiger partial charge in [0, 0.05) is 26.2 Å². The first-order valence-corrected chi connectivity index (χ1v) is 10.6. The Hall–Kier alpha value is -2.16. The van der Waals surface area contributed by atoms with E-state index < -0.39 is 16.0 Å². The van der Waals surface area contributed by atoms with E-state index in [1.165, 1.54) is 17.7 Å². The van der Waals surface area contributed by atoms with Crippen LogP contribution in [0.5, 0.6) is 0 Å². The van der Waals surface area contributed by atoms with E-state index in [1.807, 2.05) is 32.9 Å². The summed E-state index contributed by atoms with van der Waals surface area (Å²) in [7, 11) is -2.21. The van der Waals surface area contributed by atoms with Gasteiger partial charge >= 0.3 is 5.97 Å². The Balaban J connectivity index is 1.70. The highest BCUT2D eigenvalue weighted by Gasteiger charge is 2.31. The van der Waals surface area contributed by atoms with Gasteiger partial charge in [0.05, 0.1) is 24.8 Å². The Morgan fingerprint density at radius 1 is 1.11 bits per heavy atom. The van der Waals surface area contributed by atoms with Gasteiger partial charge in [-0.25, -0.2) is 13.2 Å². The van der Waals surface area contributed by atoms with Gasteiger partial charge in [-0.05, 0) is 38.0 Å². The predicted molar refractivity (Wildman–Crippen MR) is 105 cm³/mol. The van der Waals surface area contributed by atoms with E-state index in [9.17, 15) is 13.2 Å². The van der Waals surface area contributed by atoms with Crippen molar-refractivity contribution in [1.82, 2.24) is 9.21 Å². The number of esters is 1. The molecular formula is C20H26N2O5S. The summed E-state index contributed by atoms with van der Waals surface area (Å²) < 4.78 is 38.1. The third-order valence-corrected chi connectivity index (χ3v) is 7.26. The highest BCUT2D eigenvalue weighted by atomic mass is 32.2. The smallest absolute Gasteiger partial charge is 0.341 e. The Labute approximate surface area is 165 Å². The third kappa shape index (κ3) is 3.99. The number of benzene rings is 1. The summed E-state index contributed by atoms with van der Waals surface area (Å²) in [5, 5.41) is 0. The van der Waals surface area contributed by atoms with Crippen molar-refractivity contribution in [2.45, 2.75) is 32.2 Å². The zero-order valence-corrected chi connectivity index (χ0v) is 17.5. The monoisotopic (exact) mass is 406 g/mol. The van der Waals surface area contributed by atoms with E-state index in [2.05, 4.69) is 4.90 Å². The van der Waals surface area contributed by atoms with E-state index in [1.54, 1.807) is 6.07 Å². The fourth-order valence-electron chi connectivity index (χ4n) is 3.79. The van der Waals surface area contributed by atoms with Crippen LogP contribution in [0.1, 0.15) is 32.8 Å². The van der Waals surface area contributed by atoms with Gasteiger partial charge in [0.2, 0.25) is 10.0 Å². The lowest BCUT2D eigenvalue weighted by Gasteiger charge is -2.34. The largest absolute Gasteiger partial charge is 0.467 e. The average Bonchev–Trinajstić information content (AvgIpc) is 3.08. The number of methoxy groups -OCH3 is 1. The molecule has 0 atom stereocenters. The number of aryl methyl sites for hydroxylation is 3. The molecule has 2 aromatic rings. The summed E-state index contributed by atoms with van der Waals surface area (Å²) in [5.41, 5.74) is 3.01. The lowest BCUT2D eigenvalue weighted by Crippen LogP contribution is -2.48. The van der Waals surface area contributed by atoms with Crippen LogP contribution in [0.25, 0.3) is 0 Å². The molecule has 7 nitrogen and oxygen atoms in total. The predicted octanol–water partition coefficient (Wildman–Crippen LogP) is 2.50. The van der Waals surface area contributed by atoms with Crippen molar-refractivity contribution in [2.24, 2.45) is 0 Å². The number of carbonyl (C=O) groups excluding carboxylic acids is 1. The molecule has 28 heavy (non-hydrogen) atoms. The van der Waals surface area contributed by atoms with Gasteiger partial charge in [0.1, 0.15) is 11.3 Å². The molecule has 0 unspecified atom stereocenters. The van der Waals surface area contributed by atoms with E-state index in [-0.39, 0.29) is 0 Å². The fourth-order valence-corrected chi connectivity index (χ4v) is 5.62. The number of hydrogen-bond donors (Lipinski definition) is 0. The van der Waals surface area contributed by atoms with E-state index in [0.29, 0.717) is 48.9 Å². The first-order valence-electron chi connectivity index (χ1n) is 9.19. The maximum Gasteiger partial charge on any atom is 0.341 e. The van der Waals surface area contributed by atoms with Crippen molar-refractivity contribution >= 4 is 16.0 Å². The van der Waals surface area contributed by atoms with Crippen LogP contribution < -0.4 is 0 Å². The summed E-state index contributed by atoms with van der Waals surface area (Å²) in [5.74, 6) is 0.101. The number of hydrogen-bond acceptors (Lipinski definition) is 6. The molecule has 1 saturated heterocycles. The first-order chi connectivity index (χ1) is 13.2. The Bertz CT molecular complexity index is 949. The molecule has 1 aromatic carbocycles. The number of sulfonamides is 1. The minimum Gasteiger partial charge on any atom is -0.467 e. The Kier molecular flexibility index (Phi) is 5.92. The molecule has 0 amide bonds. The van der Waals surface area contributed by atoms with Crippen LogP contribution in [0.15, 0.2) is 33.8 Å². The lowest BCUT2D eigenvalue weighted by molar-refractivity contribution is 0.0595. The van der Waals surface area contributed by atoms with Gasteiger partial charge in [0.15, 0.2) is 0 Å². The second-order valence-electron chi connectivity index (χ2n) is 7.16. The first kappa shape index (κ1) is 20.6. The van der Waals surface area contributed by atoms with E-state index in [0.717, 1.165) is 16.7 Å². The molecule has 1 aromatic heterocycles. The number of carbonyl (C=O) groups is 1. The lowest BCUT2D eigenvalue weighted by atomic mass is 10.1. The zero-order valence-electron chi connectivity index (χ0n) is 16.7. The molecule has 8 heteroatoms. The van der Waals surface area contributed by atoms with Crippen molar-refractivity contribution in [1.29, 1.82) is 0 Å². The summed E-state index contributed by atoms with van der Waals surface area (Å²) in [6, 6.07) is 5.40. The number of nitrogens with zero attached hydrogens (tertiary/aromatic N) is 2. The van der Waals surface area contributed by atoms with Gasteiger partial charge in [-0.2, -0.15) is 4.31 Å². The number of piperazine rings is 1. The maximum atomic E-state index is 13.2. The van der Waals surface area contributed by atoms with Crippen LogP contribution in [-0.4, -0.2) is 56.9 Å². The van der Waals surface area contributed by atoms with Crippen LogP contribution in [0.2, 0.25) is 0 Å². The summed E-state index contributed by atoms with van der Waals surface area (Å²) in [6.07, 6.45) is 1.46. The van der Waals surface area contributed by atoms with Crippen molar-refractivity contribution < 1.29 is 22.4 Å². The topological polar surface area (TPSA) is 80.1 Å². The molecule has 3 rings (SSSR count). The minimum atomic E-state index is -3.54. The number of rotatable bonds is 5. The summed E-state index contributed by atoms with van der Waals surface area (Å²) in [4.78, 5) is 14.3. The van der Waals surface area contributed by atoms with Crippen LogP contribution in [0.3, 0.4) is 0 Å². The second kappa shape index (κ2) is 8.06. The van der Waals surface area contributed by atoms with Gasteiger partial charge in [-0.15, -0.1) is 0 Å². The van der Waals surface area contributed by atoms with Gasteiger partial charge in [0.25, 0.3) is 0 Å². The SMILES string of the molecule is COC(=O)c1ccoc1CN1CCN(S(=O)(=O)c2c(C)cc(C)cc2C)CC1. The summed E-state index contributed by atoms with van der Waals surface area (Å²) in [6.45, 7) is 7.99. The fraction of sp³-hybridized carbons (Fsp3) is 0.450. The zero-order chi connectivity index (χ0) is 20.5. The highest BCUT2D eigenvalue weighted by molar-refractivity contribution is 7.89. The maximum absolute atomic E-state index is 13.2. The quantitative estimate of drug-likeness (QED) is 0.710. The van der Waals surface area contributed by atoms with Gasteiger partial charge in [-0.3, -0.25) is 4.90 Å². The second-order valence-corrected chi connectivity index (χ2v) is 9.03. The van der Waals surface area contributed by atoms with Crippen molar-refractivity contribution in [3.8, 4) is 0 Å². The van der Waals surface area contributed by atoms with Crippen molar-refractivity contribution in [3.63, 3.8) is 0 Å². The van der Waals surface area contributed by atoms with Gasteiger partial charge in [-0.1, -0.05) is 17.7 Å². The molecule has 0 aliphatic carbocycles. The minimum absolute atomic E-state index is 0.392. The molecule has 0 spiro atoms. The molecular weight excluding hydrogens is 380 g/mol. The van der Waals surface area contributed by atoms with Crippen LogP contribution in [0.4, 0.5) is 0 Å². The van der Waals surface area contributed by atoms with E-state index >= 15 is 0 Å².